The summed E-state index contributed by atoms with van der Waals surface area (Å²) in [6.45, 7) is 4.34. The molecule has 2 rings (SSSR count). The number of fused-ring (bicyclic) bond motifs is 1. The van der Waals surface area contributed by atoms with Crippen LogP contribution in [0.2, 0.25) is 0 Å². The number of rotatable bonds is 2. The van der Waals surface area contributed by atoms with Gasteiger partial charge in [0.25, 0.3) is 0 Å². The van der Waals surface area contributed by atoms with Crippen molar-refractivity contribution in [1.29, 1.82) is 0 Å². The lowest BCUT2D eigenvalue weighted by molar-refractivity contribution is 1.11. The highest BCUT2D eigenvalue weighted by Crippen LogP contribution is 2.28. The summed E-state index contributed by atoms with van der Waals surface area (Å²) in [6, 6.07) is 10.6. The Labute approximate surface area is 90.9 Å². The van der Waals surface area contributed by atoms with Crippen molar-refractivity contribution >= 4 is 16.5 Å². The van der Waals surface area contributed by atoms with Gasteiger partial charge in [0.1, 0.15) is 0 Å². The minimum atomic E-state index is 0.949. The first kappa shape index (κ1) is 10.0. The molecule has 0 spiro atoms. The number of benzene rings is 2. The second-order valence-electron chi connectivity index (χ2n) is 3.86. The molecule has 78 valence electrons. The molecule has 0 fully saturated rings. The highest BCUT2D eigenvalue weighted by Gasteiger charge is 2.06. The third kappa shape index (κ3) is 1.58. The predicted molar refractivity (Wildman–Crippen MR) is 67.1 cm³/mol. The molecule has 0 radical (unpaired) electrons. The standard InChI is InChI=1S/C14H17N/c1-3-10-9-11(4-2)14(15)13-8-6-5-7-12(10)13/h5-9H,3-4,15H2,1-2H3. The van der Waals surface area contributed by atoms with E-state index in [-0.39, 0.29) is 0 Å². The van der Waals surface area contributed by atoms with Gasteiger partial charge in [-0.2, -0.15) is 0 Å². The van der Waals surface area contributed by atoms with E-state index in [1.807, 2.05) is 0 Å². The highest BCUT2D eigenvalue weighted by atomic mass is 14.6. The summed E-state index contributed by atoms with van der Waals surface area (Å²) >= 11 is 0. The Hall–Kier alpha value is -1.50. The summed E-state index contributed by atoms with van der Waals surface area (Å²) in [4.78, 5) is 0. The third-order valence-electron chi connectivity index (χ3n) is 3.02. The molecule has 0 heterocycles. The topological polar surface area (TPSA) is 26.0 Å². The molecule has 2 aromatic rings. The summed E-state index contributed by atoms with van der Waals surface area (Å²) in [5.74, 6) is 0. The van der Waals surface area contributed by atoms with Crippen LogP contribution in [0.25, 0.3) is 10.8 Å². The summed E-state index contributed by atoms with van der Waals surface area (Å²) in [7, 11) is 0. The van der Waals surface area contributed by atoms with Crippen LogP contribution in [0.4, 0.5) is 5.69 Å². The number of aryl methyl sites for hydroxylation is 2. The summed E-state index contributed by atoms with van der Waals surface area (Å²) in [5.41, 5.74) is 9.77. The van der Waals surface area contributed by atoms with Crippen molar-refractivity contribution < 1.29 is 0 Å². The van der Waals surface area contributed by atoms with Crippen molar-refractivity contribution in [2.75, 3.05) is 5.73 Å². The molecule has 0 amide bonds. The molecule has 15 heavy (non-hydrogen) atoms. The molecular formula is C14H17N. The maximum absolute atomic E-state index is 6.15. The van der Waals surface area contributed by atoms with Crippen molar-refractivity contribution in [1.82, 2.24) is 0 Å². The van der Waals surface area contributed by atoms with E-state index in [0.717, 1.165) is 18.5 Å². The lowest BCUT2D eigenvalue weighted by atomic mass is 9.96. The third-order valence-corrected chi connectivity index (χ3v) is 3.02. The predicted octanol–water partition coefficient (Wildman–Crippen LogP) is 3.55. The molecule has 0 saturated heterocycles. The fourth-order valence-electron chi connectivity index (χ4n) is 2.12. The van der Waals surface area contributed by atoms with Gasteiger partial charge in [-0.1, -0.05) is 44.2 Å². The van der Waals surface area contributed by atoms with E-state index in [4.69, 9.17) is 5.73 Å². The minimum absolute atomic E-state index is 0.949. The van der Waals surface area contributed by atoms with E-state index in [1.165, 1.54) is 21.9 Å². The average molecular weight is 199 g/mol. The number of nitrogens with two attached hydrogens (primary N) is 1. The fourth-order valence-corrected chi connectivity index (χ4v) is 2.12. The molecule has 0 saturated carbocycles. The minimum Gasteiger partial charge on any atom is -0.398 e. The van der Waals surface area contributed by atoms with Gasteiger partial charge in [0.05, 0.1) is 0 Å². The monoisotopic (exact) mass is 199 g/mol. The number of hydrogen-bond donors (Lipinski definition) is 1. The van der Waals surface area contributed by atoms with Crippen LogP contribution in [0.5, 0.6) is 0 Å². The molecule has 0 aromatic heterocycles. The molecule has 0 aliphatic rings. The van der Waals surface area contributed by atoms with Crippen LogP contribution >= 0.6 is 0 Å². The Bertz CT molecular complexity index is 486. The average Bonchev–Trinajstić information content (AvgIpc) is 2.30. The van der Waals surface area contributed by atoms with Gasteiger partial charge in [0.2, 0.25) is 0 Å². The molecule has 0 aliphatic heterocycles. The van der Waals surface area contributed by atoms with Gasteiger partial charge < -0.3 is 5.73 Å². The van der Waals surface area contributed by atoms with Crippen LogP contribution < -0.4 is 5.73 Å². The number of hydrogen-bond acceptors (Lipinski definition) is 1. The quantitative estimate of drug-likeness (QED) is 0.735. The molecule has 0 bridgehead atoms. The normalized spacial score (nSPS) is 10.8. The van der Waals surface area contributed by atoms with Gasteiger partial charge in [-0.25, -0.2) is 0 Å². The van der Waals surface area contributed by atoms with Crippen molar-refractivity contribution in [3.63, 3.8) is 0 Å². The van der Waals surface area contributed by atoms with Crippen molar-refractivity contribution in [2.24, 2.45) is 0 Å². The molecule has 1 nitrogen and oxygen atoms in total. The van der Waals surface area contributed by atoms with Crippen LogP contribution in [0, 0.1) is 0 Å². The Morgan fingerprint density at radius 1 is 0.933 bits per heavy atom. The number of nitrogen functional groups attached to an aromatic ring is 1. The fraction of sp³-hybridized carbons (Fsp3) is 0.286. The van der Waals surface area contributed by atoms with Gasteiger partial charge >= 0.3 is 0 Å². The second kappa shape index (κ2) is 3.93. The lowest BCUT2D eigenvalue weighted by Crippen LogP contribution is -1.97. The molecule has 2 N–H and O–H groups in total. The van der Waals surface area contributed by atoms with Gasteiger partial charge in [0, 0.05) is 11.1 Å². The van der Waals surface area contributed by atoms with Gasteiger partial charge in [-0.15, -0.1) is 0 Å². The van der Waals surface area contributed by atoms with E-state index in [2.05, 4.69) is 44.2 Å². The maximum atomic E-state index is 6.15. The van der Waals surface area contributed by atoms with Crippen molar-refractivity contribution in [2.45, 2.75) is 26.7 Å². The lowest BCUT2D eigenvalue weighted by Gasteiger charge is -2.11. The van der Waals surface area contributed by atoms with E-state index >= 15 is 0 Å². The molecular weight excluding hydrogens is 182 g/mol. The zero-order valence-electron chi connectivity index (χ0n) is 9.38. The van der Waals surface area contributed by atoms with Crippen molar-refractivity contribution in [3.05, 3.63) is 41.5 Å². The summed E-state index contributed by atoms with van der Waals surface area (Å²) < 4.78 is 0. The smallest absolute Gasteiger partial charge is 0.0426 e. The van der Waals surface area contributed by atoms with E-state index in [9.17, 15) is 0 Å². The van der Waals surface area contributed by atoms with Crippen LogP contribution in [0.3, 0.4) is 0 Å². The van der Waals surface area contributed by atoms with E-state index in [1.54, 1.807) is 0 Å². The first-order valence-corrected chi connectivity index (χ1v) is 5.56. The van der Waals surface area contributed by atoms with E-state index in [0.29, 0.717) is 0 Å². The van der Waals surface area contributed by atoms with Crippen molar-refractivity contribution in [3.8, 4) is 0 Å². The van der Waals surface area contributed by atoms with Gasteiger partial charge in [-0.05, 0) is 29.4 Å². The largest absolute Gasteiger partial charge is 0.398 e. The van der Waals surface area contributed by atoms with Crippen LogP contribution in [-0.2, 0) is 12.8 Å². The Morgan fingerprint density at radius 2 is 1.53 bits per heavy atom. The molecule has 1 heteroatoms. The second-order valence-corrected chi connectivity index (χ2v) is 3.86. The zero-order chi connectivity index (χ0) is 10.8. The maximum Gasteiger partial charge on any atom is 0.0426 e. The molecule has 2 aromatic carbocycles. The zero-order valence-corrected chi connectivity index (χ0v) is 9.38. The first-order valence-electron chi connectivity index (χ1n) is 5.56. The van der Waals surface area contributed by atoms with E-state index < -0.39 is 0 Å². The molecule has 0 aliphatic carbocycles. The highest BCUT2D eigenvalue weighted by molar-refractivity contribution is 5.96. The summed E-state index contributed by atoms with van der Waals surface area (Å²) in [6.07, 6.45) is 2.07. The van der Waals surface area contributed by atoms with Crippen LogP contribution in [-0.4, -0.2) is 0 Å². The number of anilines is 1. The van der Waals surface area contributed by atoms with Crippen LogP contribution in [0.15, 0.2) is 30.3 Å². The Morgan fingerprint density at radius 3 is 2.13 bits per heavy atom. The van der Waals surface area contributed by atoms with Gasteiger partial charge in [-0.3, -0.25) is 0 Å². The molecule has 0 unspecified atom stereocenters. The first-order chi connectivity index (χ1) is 7.27. The SMILES string of the molecule is CCc1cc(CC)c2ccccc2c1N. The summed E-state index contributed by atoms with van der Waals surface area (Å²) in [5, 5.41) is 2.50. The van der Waals surface area contributed by atoms with Gasteiger partial charge in [0.15, 0.2) is 0 Å². The Kier molecular flexibility index (Phi) is 2.63. The molecule has 0 atom stereocenters. The van der Waals surface area contributed by atoms with Crippen LogP contribution in [0.1, 0.15) is 25.0 Å². The Balaban J connectivity index is 2.84.